The zero-order valence-electron chi connectivity index (χ0n) is 9.90. The van der Waals surface area contributed by atoms with Gasteiger partial charge in [-0.25, -0.2) is 4.98 Å². The van der Waals surface area contributed by atoms with Crippen molar-refractivity contribution in [1.29, 1.82) is 0 Å². The lowest BCUT2D eigenvalue weighted by Gasteiger charge is -2.32. The molecule has 1 aromatic heterocycles. The molecule has 2 rings (SSSR count). The Kier molecular flexibility index (Phi) is 4.29. The standard InChI is InChI=1S/C11H19N3OS/c1-9-7-15-4-3-14(9)6-10-8-16-11(13-10)5-12-2/h8-9,12H,3-7H2,1-2H3. The van der Waals surface area contributed by atoms with Crippen LogP contribution in [0.15, 0.2) is 5.38 Å². The van der Waals surface area contributed by atoms with Gasteiger partial charge in [0.05, 0.1) is 18.9 Å². The highest BCUT2D eigenvalue weighted by Crippen LogP contribution is 2.14. The molecular weight excluding hydrogens is 222 g/mol. The van der Waals surface area contributed by atoms with E-state index in [9.17, 15) is 0 Å². The molecule has 1 N–H and O–H groups in total. The smallest absolute Gasteiger partial charge is 0.107 e. The summed E-state index contributed by atoms with van der Waals surface area (Å²) in [5, 5.41) is 6.45. The Labute approximate surface area is 101 Å². The fraction of sp³-hybridized carbons (Fsp3) is 0.727. The van der Waals surface area contributed by atoms with Gasteiger partial charge in [0, 0.05) is 31.1 Å². The van der Waals surface area contributed by atoms with E-state index in [0.717, 1.165) is 32.8 Å². The van der Waals surface area contributed by atoms with E-state index in [2.05, 4.69) is 27.5 Å². The van der Waals surface area contributed by atoms with Crippen LogP contribution in [0.2, 0.25) is 0 Å². The second-order valence-electron chi connectivity index (χ2n) is 4.16. The van der Waals surface area contributed by atoms with Crippen LogP contribution >= 0.6 is 11.3 Å². The molecular formula is C11H19N3OS. The molecule has 1 aliphatic rings. The molecule has 1 aliphatic heterocycles. The minimum Gasteiger partial charge on any atom is -0.379 e. The van der Waals surface area contributed by atoms with Crippen LogP contribution in [-0.2, 0) is 17.8 Å². The molecule has 0 aliphatic carbocycles. The van der Waals surface area contributed by atoms with Crippen LogP contribution in [0.4, 0.5) is 0 Å². The van der Waals surface area contributed by atoms with E-state index in [1.165, 1.54) is 10.7 Å². The summed E-state index contributed by atoms with van der Waals surface area (Å²) in [7, 11) is 1.95. The largest absolute Gasteiger partial charge is 0.379 e. The van der Waals surface area contributed by atoms with E-state index >= 15 is 0 Å². The van der Waals surface area contributed by atoms with Crippen molar-refractivity contribution in [3.63, 3.8) is 0 Å². The van der Waals surface area contributed by atoms with Crippen LogP contribution in [0.25, 0.3) is 0 Å². The van der Waals surface area contributed by atoms with Crippen LogP contribution in [0.5, 0.6) is 0 Å². The summed E-state index contributed by atoms with van der Waals surface area (Å²) in [6.45, 7) is 6.72. The van der Waals surface area contributed by atoms with Gasteiger partial charge in [0.15, 0.2) is 0 Å². The molecule has 0 bridgehead atoms. The molecule has 0 saturated carbocycles. The lowest BCUT2D eigenvalue weighted by Crippen LogP contribution is -2.42. The van der Waals surface area contributed by atoms with Gasteiger partial charge >= 0.3 is 0 Å². The molecule has 1 fully saturated rings. The first-order chi connectivity index (χ1) is 7.79. The molecule has 4 nitrogen and oxygen atoms in total. The molecule has 0 amide bonds. The van der Waals surface area contributed by atoms with Gasteiger partial charge in [-0.1, -0.05) is 0 Å². The fourth-order valence-electron chi connectivity index (χ4n) is 1.86. The van der Waals surface area contributed by atoms with E-state index in [0.29, 0.717) is 6.04 Å². The number of rotatable bonds is 4. The second kappa shape index (κ2) is 5.72. The number of morpholine rings is 1. The Morgan fingerprint density at radius 2 is 2.56 bits per heavy atom. The van der Waals surface area contributed by atoms with Crippen LogP contribution in [0.1, 0.15) is 17.6 Å². The summed E-state index contributed by atoms with van der Waals surface area (Å²) in [5.74, 6) is 0. The van der Waals surface area contributed by atoms with E-state index in [-0.39, 0.29) is 0 Å². The average molecular weight is 241 g/mol. The third-order valence-corrected chi connectivity index (χ3v) is 3.70. The first kappa shape index (κ1) is 12.0. The van der Waals surface area contributed by atoms with Crippen molar-refractivity contribution >= 4 is 11.3 Å². The molecule has 5 heteroatoms. The van der Waals surface area contributed by atoms with Crippen LogP contribution in [0.3, 0.4) is 0 Å². The van der Waals surface area contributed by atoms with Crippen LogP contribution in [-0.4, -0.2) is 42.7 Å². The molecule has 0 spiro atoms. The zero-order chi connectivity index (χ0) is 11.4. The highest BCUT2D eigenvalue weighted by atomic mass is 32.1. The maximum atomic E-state index is 5.42. The summed E-state index contributed by atoms with van der Waals surface area (Å²) in [5.41, 5.74) is 1.18. The predicted octanol–water partition coefficient (Wildman–Crippen LogP) is 1.08. The minimum atomic E-state index is 0.503. The van der Waals surface area contributed by atoms with Gasteiger partial charge in [-0.3, -0.25) is 4.90 Å². The second-order valence-corrected chi connectivity index (χ2v) is 5.10. The Bertz CT molecular complexity index is 329. The van der Waals surface area contributed by atoms with E-state index in [1.54, 1.807) is 11.3 Å². The summed E-state index contributed by atoms with van der Waals surface area (Å²) < 4.78 is 5.42. The Hall–Kier alpha value is -0.490. The summed E-state index contributed by atoms with van der Waals surface area (Å²) in [6, 6.07) is 0.503. The molecule has 1 saturated heterocycles. The van der Waals surface area contributed by atoms with Crippen molar-refractivity contribution < 1.29 is 4.74 Å². The maximum absolute atomic E-state index is 5.42. The first-order valence-electron chi connectivity index (χ1n) is 5.69. The number of hydrogen-bond acceptors (Lipinski definition) is 5. The van der Waals surface area contributed by atoms with Crippen LogP contribution in [0, 0.1) is 0 Å². The lowest BCUT2D eigenvalue weighted by molar-refractivity contribution is -0.00484. The number of nitrogens with zero attached hydrogens (tertiary/aromatic N) is 2. The normalized spacial score (nSPS) is 22.5. The van der Waals surface area contributed by atoms with Gasteiger partial charge in [-0.2, -0.15) is 0 Å². The topological polar surface area (TPSA) is 37.4 Å². The van der Waals surface area contributed by atoms with Gasteiger partial charge in [0.1, 0.15) is 5.01 Å². The maximum Gasteiger partial charge on any atom is 0.107 e. The van der Waals surface area contributed by atoms with Gasteiger partial charge in [0.2, 0.25) is 0 Å². The summed E-state index contributed by atoms with van der Waals surface area (Å²) in [4.78, 5) is 7.03. The van der Waals surface area contributed by atoms with Crippen molar-refractivity contribution in [3.05, 3.63) is 16.1 Å². The SMILES string of the molecule is CNCc1nc(CN2CCOCC2C)cs1. The predicted molar refractivity (Wildman–Crippen MR) is 65.6 cm³/mol. The summed E-state index contributed by atoms with van der Waals surface area (Å²) >= 11 is 1.73. The monoisotopic (exact) mass is 241 g/mol. The highest BCUT2D eigenvalue weighted by Gasteiger charge is 2.19. The van der Waals surface area contributed by atoms with Gasteiger partial charge in [-0.15, -0.1) is 11.3 Å². The Morgan fingerprint density at radius 3 is 3.31 bits per heavy atom. The molecule has 0 aromatic carbocycles. The third-order valence-electron chi connectivity index (χ3n) is 2.80. The third kappa shape index (κ3) is 3.01. The number of aromatic nitrogens is 1. The molecule has 1 unspecified atom stereocenters. The number of thiazole rings is 1. The van der Waals surface area contributed by atoms with E-state index in [4.69, 9.17) is 4.74 Å². The fourth-order valence-corrected chi connectivity index (χ4v) is 2.66. The van der Waals surface area contributed by atoms with Crippen molar-refractivity contribution in [3.8, 4) is 0 Å². The molecule has 1 atom stereocenters. The lowest BCUT2D eigenvalue weighted by atomic mass is 10.2. The molecule has 2 heterocycles. The van der Waals surface area contributed by atoms with Gasteiger partial charge in [-0.05, 0) is 14.0 Å². The highest BCUT2D eigenvalue weighted by molar-refractivity contribution is 7.09. The van der Waals surface area contributed by atoms with Crippen molar-refractivity contribution in [2.24, 2.45) is 0 Å². The molecule has 90 valence electrons. The Morgan fingerprint density at radius 1 is 1.69 bits per heavy atom. The Balaban J connectivity index is 1.91. The van der Waals surface area contributed by atoms with Crippen molar-refractivity contribution in [1.82, 2.24) is 15.2 Å². The quantitative estimate of drug-likeness (QED) is 0.856. The number of hydrogen-bond donors (Lipinski definition) is 1. The molecule has 0 radical (unpaired) electrons. The van der Waals surface area contributed by atoms with Gasteiger partial charge in [0.25, 0.3) is 0 Å². The minimum absolute atomic E-state index is 0.503. The first-order valence-corrected chi connectivity index (χ1v) is 6.57. The van der Waals surface area contributed by atoms with Crippen molar-refractivity contribution in [2.75, 3.05) is 26.8 Å². The molecule has 16 heavy (non-hydrogen) atoms. The summed E-state index contributed by atoms with van der Waals surface area (Å²) in [6.07, 6.45) is 0. The molecule has 1 aromatic rings. The van der Waals surface area contributed by atoms with Crippen LogP contribution < -0.4 is 5.32 Å². The van der Waals surface area contributed by atoms with E-state index in [1.807, 2.05) is 7.05 Å². The average Bonchev–Trinajstić information content (AvgIpc) is 2.70. The zero-order valence-corrected chi connectivity index (χ0v) is 10.7. The van der Waals surface area contributed by atoms with Crippen molar-refractivity contribution in [2.45, 2.75) is 26.1 Å². The van der Waals surface area contributed by atoms with E-state index < -0.39 is 0 Å². The van der Waals surface area contributed by atoms with Gasteiger partial charge < -0.3 is 10.1 Å². The number of nitrogens with one attached hydrogen (secondary N) is 1. The number of ether oxygens (including phenoxy) is 1.